The van der Waals surface area contributed by atoms with E-state index in [2.05, 4.69) is 0 Å². The molecule has 0 saturated heterocycles. The summed E-state index contributed by atoms with van der Waals surface area (Å²) in [4.78, 5) is 0. The van der Waals surface area contributed by atoms with Crippen LogP contribution in [-0.2, 0) is 9.47 Å². The molecule has 0 heterocycles. The topological polar surface area (TPSA) is 18.5 Å². The molecular formula is C7H12O2. The summed E-state index contributed by atoms with van der Waals surface area (Å²) in [6.45, 7) is 0. The van der Waals surface area contributed by atoms with Gasteiger partial charge in [-0.05, 0) is 0 Å². The Hall–Kier alpha value is -0.340. The lowest BCUT2D eigenvalue weighted by Gasteiger charge is -2.07. The maximum absolute atomic E-state index is 5.08. The van der Waals surface area contributed by atoms with Gasteiger partial charge in [-0.1, -0.05) is 12.2 Å². The van der Waals surface area contributed by atoms with Gasteiger partial charge in [0.2, 0.25) is 0 Å². The Balaban J connectivity index is 2.31. The van der Waals surface area contributed by atoms with Crippen molar-refractivity contribution in [2.45, 2.75) is 18.6 Å². The zero-order valence-corrected chi connectivity index (χ0v) is 5.83. The lowest BCUT2D eigenvalue weighted by atomic mass is 10.3. The smallest absolute Gasteiger partial charge is 0.0780 e. The lowest BCUT2D eigenvalue weighted by Crippen LogP contribution is -2.10. The van der Waals surface area contributed by atoms with Crippen molar-refractivity contribution >= 4 is 0 Å². The van der Waals surface area contributed by atoms with Crippen LogP contribution >= 0.6 is 0 Å². The van der Waals surface area contributed by atoms with Crippen molar-refractivity contribution in [2.24, 2.45) is 0 Å². The molecule has 0 radical (unpaired) electrons. The Labute approximate surface area is 55.5 Å². The van der Waals surface area contributed by atoms with Crippen LogP contribution in [0.4, 0.5) is 0 Å². The molecule has 52 valence electrons. The van der Waals surface area contributed by atoms with Gasteiger partial charge in [0.05, 0.1) is 12.2 Å². The molecule has 2 unspecified atom stereocenters. The van der Waals surface area contributed by atoms with Crippen LogP contribution in [0.1, 0.15) is 6.42 Å². The molecule has 0 fully saturated rings. The molecule has 0 saturated carbocycles. The van der Waals surface area contributed by atoms with Crippen molar-refractivity contribution in [3.8, 4) is 0 Å². The molecule has 0 aromatic carbocycles. The van der Waals surface area contributed by atoms with Crippen LogP contribution in [0.2, 0.25) is 0 Å². The van der Waals surface area contributed by atoms with Gasteiger partial charge in [0.1, 0.15) is 0 Å². The molecule has 1 aliphatic carbocycles. The van der Waals surface area contributed by atoms with Crippen LogP contribution < -0.4 is 0 Å². The fourth-order valence-corrected chi connectivity index (χ4v) is 0.984. The fraction of sp³-hybridized carbons (Fsp3) is 0.714. The van der Waals surface area contributed by atoms with Gasteiger partial charge in [-0.2, -0.15) is 0 Å². The summed E-state index contributed by atoms with van der Waals surface area (Å²) in [5.41, 5.74) is 0. The Bertz CT molecular complexity index is 97.5. The van der Waals surface area contributed by atoms with Crippen molar-refractivity contribution in [3.63, 3.8) is 0 Å². The molecule has 2 nitrogen and oxygen atoms in total. The third kappa shape index (κ3) is 1.53. The molecule has 0 aromatic rings. The van der Waals surface area contributed by atoms with Crippen LogP contribution in [0.3, 0.4) is 0 Å². The monoisotopic (exact) mass is 128 g/mol. The Kier molecular flexibility index (Phi) is 2.25. The van der Waals surface area contributed by atoms with Crippen LogP contribution in [0.15, 0.2) is 12.2 Å². The Morgan fingerprint density at radius 2 is 1.56 bits per heavy atom. The summed E-state index contributed by atoms with van der Waals surface area (Å²) in [6, 6.07) is 0. The third-order valence-corrected chi connectivity index (χ3v) is 1.61. The Morgan fingerprint density at radius 3 is 1.78 bits per heavy atom. The SMILES string of the molecule is COC1C=CC(OC)C1. The van der Waals surface area contributed by atoms with Crippen LogP contribution in [0.5, 0.6) is 0 Å². The predicted molar refractivity (Wildman–Crippen MR) is 35.4 cm³/mol. The molecule has 1 aliphatic rings. The molecule has 0 aliphatic heterocycles. The van der Waals surface area contributed by atoms with Crippen molar-refractivity contribution in [2.75, 3.05) is 14.2 Å². The summed E-state index contributed by atoms with van der Waals surface area (Å²) in [7, 11) is 3.43. The van der Waals surface area contributed by atoms with Crippen molar-refractivity contribution in [3.05, 3.63) is 12.2 Å². The van der Waals surface area contributed by atoms with Crippen molar-refractivity contribution < 1.29 is 9.47 Å². The van der Waals surface area contributed by atoms with E-state index in [1.54, 1.807) is 14.2 Å². The fourth-order valence-electron chi connectivity index (χ4n) is 0.984. The molecule has 0 bridgehead atoms. The molecule has 0 aromatic heterocycles. The summed E-state index contributed by atoms with van der Waals surface area (Å²) < 4.78 is 10.2. The third-order valence-electron chi connectivity index (χ3n) is 1.61. The molecule has 2 heteroatoms. The van der Waals surface area contributed by atoms with Crippen molar-refractivity contribution in [1.29, 1.82) is 0 Å². The second kappa shape index (κ2) is 2.99. The maximum Gasteiger partial charge on any atom is 0.0780 e. The zero-order valence-electron chi connectivity index (χ0n) is 5.83. The highest BCUT2D eigenvalue weighted by molar-refractivity contribution is 5.04. The summed E-state index contributed by atoms with van der Waals surface area (Å²) >= 11 is 0. The number of hydrogen-bond donors (Lipinski definition) is 0. The standard InChI is InChI=1S/C7H12O2/c1-8-6-3-4-7(5-6)9-2/h3-4,6-7H,5H2,1-2H3. The number of hydrogen-bond acceptors (Lipinski definition) is 2. The van der Waals surface area contributed by atoms with E-state index in [-0.39, 0.29) is 12.2 Å². The molecular weight excluding hydrogens is 116 g/mol. The molecule has 2 atom stereocenters. The Morgan fingerprint density at radius 1 is 1.11 bits per heavy atom. The lowest BCUT2D eigenvalue weighted by molar-refractivity contribution is 0.0806. The van der Waals surface area contributed by atoms with Gasteiger partial charge in [0, 0.05) is 20.6 Å². The minimum absolute atomic E-state index is 0.273. The second-order valence-corrected chi connectivity index (χ2v) is 2.17. The first-order valence-electron chi connectivity index (χ1n) is 3.10. The second-order valence-electron chi connectivity index (χ2n) is 2.17. The molecule has 0 amide bonds. The average molecular weight is 128 g/mol. The summed E-state index contributed by atoms with van der Waals surface area (Å²) in [5.74, 6) is 0. The average Bonchev–Trinajstić information content (AvgIpc) is 2.34. The highest BCUT2D eigenvalue weighted by Crippen LogP contribution is 2.14. The van der Waals surface area contributed by atoms with Crippen molar-refractivity contribution in [1.82, 2.24) is 0 Å². The summed E-state index contributed by atoms with van der Waals surface area (Å²) in [6.07, 6.45) is 5.58. The zero-order chi connectivity index (χ0) is 6.69. The van der Waals surface area contributed by atoms with Gasteiger partial charge < -0.3 is 9.47 Å². The largest absolute Gasteiger partial charge is 0.377 e. The highest BCUT2D eigenvalue weighted by atomic mass is 16.5. The van der Waals surface area contributed by atoms with Gasteiger partial charge >= 0.3 is 0 Å². The molecule has 0 N–H and O–H groups in total. The minimum Gasteiger partial charge on any atom is -0.377 e. The van der Waals surface area contributed by atoms with Gasteiger partial charge in [0.25, 0.3) is 0 Å². The molecule has 1 rings (SSSR count). The van der Waals surface area contributed by atoms with E-state index >= 15 is 0 Å². The van der Waals surface area contributed by atoms with E-state index in [9.17, 15) is 0 Å². The van der Waals surface area contributed by atoms with Gasteiger partial charge in [0.15, 0.2) is 0 Å². The first-order valence-corrected chi connectivity index (χ1v) is 3.10. The van der Waals surface area contributed by atoms with E-state index in [1.807, 2.05) is 12.2 Å². The quantitative estimate of drug-likeness (QED) is 0.516. The van der Waals surface area contributed by atoms with Gasteiger partial charge in [-0.3, -0.25) is 0 Å². The van der Waals surface area contributed by atoms with E-state index in [0.717, 1.165) is 6.42 Å². The van der Waals surface area contributed by atoms with Crippen LogP contribution in [-0.4, -0.2) is 26.4 Å². The highest BCUT2D eigenvalue weighted by Gasteiger charge is 2.16. The first kappa shape index (κ1) is 6.78. The van der Waals surface area contributed by atoms with E-state index in [0.29, 0.717) is 0 Å². The number of rotatable bonds is 2. The van der Waals surface area contributed by atoms with Gasteiger partial charge in [-0.15, -0.1) is 0 Å². The van der Waals surface area contributed by atoms with Crippen LogP contribution in [0, 0.1) is 0 Å². The van der Waals surface area contributed by atoms with Gasteiger partial charge in [-0.25, -0.2) is 0 Å². The van der Waals surface area contributed by atoms with E-state index < -0.39 is 0 Å². The molecule has 9 heavy (non-hydrogen) atoms. The maximum atomic E-state index is 5.08. The van der Waals surface area contributed by atoms with E-state index in [1.165, 1.54) is 0 Å². The minimum atomic E-state index is 0.273. The van der Waals surface area contributed by atoms with E-state index in [4.69, 9.17) is 9.47 Å². The number of ether oxygens (including phenoxy) is 2. The number of methoxy groups -OCH3 is 2. The predicted octanol–water partition coefficient (Wildman–Crippen LogP) is 0.976. The normalized spacial score (nSPS) is 33.6. The molecule has 0 spiro atoms. The first-order chi connectivity index (χ1) is 4.36. The van der Waals surface area contributed by atoms with Crippen LogP contribution in [0.25, 0.3) is 0 Å². The summed E-state index contributed by atoms with van der Waals surface area (Å²) in [5, 5.41) is 0.